The van der Waals surface area contributed by atoms with Crippen LogP contribution < -0.4 is 10.6 Å². The van der Waals surface area contributed by atoms with Crippen LogP contribution in [0, 0.1) is 5.92 Å². The summed E-state index contributed by atoms with van der Waals surface area (Å²) in [5.74, 6) is 1.63. The summed E-state index contributed by atoms with van der Waals surface area (Å²) in [6.45, 7) is 14.7. The Bertz CT molecular complexity index is 317. The molecule has 0 bridgehead atoms. The van der Waals surface area contributed by atoms with Gasteiger partial charge in [-0.05, 0) is 52.6 Å². The van der Waals surface area contributed by atoms with E-state index in [9.17, 15) is 0 Å². The second kappa shape index (κ2) is 9.26. The van der Waals surface area contributed by atoms with E-state index in [0.29, 0.717) is 6.54 Å². The molecule has 0 spiro atoms. The Hall–Kier alpha value is -0.810. The molecule has 0 aliphatic carbocycles. The molecule has 0 amide bonds. The number of ether oxygens (including phenoxy) is 1. The maximum Gasteiger partial charge on any atom is 0.191 e. The Morgan fingerprint density at radius 1 is 1.33 bits per heavy atom. The third-order valence-electron chi connectivity index (χ3n) is 3.98. The lowest BCUT2D eigenvalue weighted by atomic mass is 10.1. The molecule has 1 unspecified atom stereocenters. The molecule has 1 rings (SSSR count). The molecular weight excluding hydrogens is 264 g/mol. The van der Waals surface area contributed by atoms with Crippen LogP contribution in [0.4, 0.5) is 0 Å². The van der Waals surface area contributed by atoms with E-state index in [1.54, 1.807) is 7.11 Å². The third-order valence-corrected chi connectivity index (χ3v) is 3.98. The smallest absolute Gasteiger partial charge is 0.191 e. The van der Waals surface area contributed by atoms with Crippen molar-refractivity contribution < 1.29 is 4.74 Å². The summed E-state index contributed by atoms with van der Waals surface area (Å²) < 4.78 is 5.42. The summed E-state index contributed by atoms with van der Waals surface area (Å²) in [4.78, 5) is 7.19. The third kappa shape index (κ3) is 7.14. The number of methoxy groups -OCH3 is 1. The molecule has 0 aromatic heterocycles. The molecule has 0 aromatic carbocycles. The van der Waals surface area contributed by atoms with Crippen LogP contribution in [0.25, 0.3) is 0 Å². The van der Waals surface area contributed by atoms with Gasteiger partial charge in [0, 0.05) is 26.7 Å². The second-order valence-electron chi connectivity index (χ2n) is 6.50. The van der Waals surface area contributed by atoms with Crippen LogP contribution in [0.5, 0.6) is 0 Å². The van der Waals surface area contributed by atoms with Crippen LogP contribution in [-0.4, -0.2) is 62.8 Å². The van der Waals surface area contributed by atoms with Crippen LogP contribution >= 0.6 is 0 Å². The van der Waals surface area contributed by atoms with E-state index in [2.05, 4.69) is 48.2 Å². The maximum atomic E-state index is 5.42. The summed E-state index contributed by atoms with van der Waals surface area (Å²) in [5.41, 5.74) is -0.215. The number of hydrogen-bond donors (Lipinski definition) is 2. The molecule has 1 heterocycles. The van der Waals surface area contributed by atoms with Crippen molar-refractivity contribution >= 4 is 5.96 Å². The van der Waals surface area contributed by atoms with Gasteiger partial charge < -0.3 is 20.3 Å². The van der Waals surface area contributed by atoms with Gasteiger partial charge in [0.25, 0.3) is 0 Å². The van der Waals surface area contributed by atoms with Gasteiger partial charge in [0.2, 0.25) is 0 Å². The molecule has 5 heteroatoms. The fraction of sp³-hybridized carbons (Fsp3) is 0.938. The largest absolute Gasteiger partial charge is 0.377 e. The number of nitrogens with zero attached hydrogens (tertiary/aromatic N) is 2. The van der Waals surface area contributed by atoms with Gasteiger partial charge in [0.05, 0.1) is 12.1 Å². The van der Waals surface area contributed by atoms with Gasteiger partial charge in [-0.25, -0.2) is 0 Å². The van der Waals surface area contributed by atoms with E-state index in [4.69, 9.17) is 4.74 Å². The lowest BCUT2D eigenvalue weighted by Crippen LogP contribution is -2.41. The molecular formula is C16H34N4O. The first-order chi connectivity index (χ1) is 10.0. The van der Waals surface area contributed by atoms with Gasteiger partial charge in [0.1, 0.15) is 0 Å². The van der Waals surface area contributed by atoms with E-state index >= 15 is 0 Å². The lowest BCUT2D eigenvalue weighted by molar-refractivity contribution is 0.0310. The molecule has 1 fully saturated rings. The zero-order valence-electron chi connectivity index (χ0n) is 14.5. The standard InChI is InChI=1S/C16H34N4O/c1-6-9-20-10-8-14(12-20)11-18-15(17-7-2)19-13-16(3,4)21-5/h14H,6-13H2,1-5H3,(H2,17,18,19). The van der Waals surface area contributed by atoms with Crippen LogP contribution in [0.1, 0.15) is 40.5 Å². The summed E-state index contributed by atoms with van der Waals surface area (Å²) in [7, 11) is 1.73. The van der Waals surface area contributed by atoms with Crippen LogP contribution in [0.15, 0.2) is 4.99 Å². The minimum Gasteiger partial charge on any atom is -0.377 e. The molecule has 0 aromatic rings. The predicted octanol–water partition coefficient (Wildman–Crippen LogP) is 1.70. The molecule has 1 aliphatic heterocycles. The normalized spacial score (nSPS) is 20.8. The van der Waals surface area contributed by atoms with Gasteiger partial charge in [-0.1, -0.05) is 6.92 Å². The molecule has 0 radical (unpaired) electrons. The van der Waals surface area contributed by atoms with Crippen molar-refractivity contribution in [1.29, 1.82) is 0 Å². The molecule has 124 valence electrons. The van der Waals surface area contributed by atoms with Crippen molar-refractivity contribution in [2.45, 2.75) is 46.1 Å². The highest BCUT2D eigenvalue weighted by molar-refractivity contribution is 5.79. The van der Waals surface area contributed by atoms with Gasteiger partial charge >= 0.3 is 0 Å². The number of aliphatic imine (C=N–C) groups is 1. The fourth-order valence-electron chi connectivity index (χ4n) is 2.52. The van der Waals surface area contributed by atoms with Crippen molar-refractivity contribution in [3.8, 4) is 0 Å². The first-order valence-electron chi connectivity index (χ1n) is 8.30. The molecule has 21 heavy (non-hydrogen) atoms. The molecule has 1 aliphatic rings. The Labute approximate surface area is 130 Å². The van der Waals surface area contributed by atoms with Crippen LogP contribution in [0.2, 0.25) is 0 Å². The summed E-state index contributed by atoms with van der Waals surface area (Å²) in [6.07, 6.45) is 2.53. The maximum absolute atomic E-state index is 5.42. The first-order valence-corrected chi connectivity index (χ1v) is 8.30. The zero-order chi connectivity index (χ0) is 15.7. The molecule has 1 saturated heterocycles. The lowest BCUT2D eigenvalue weighted by Gasteiger charge is -2.22. The Kier molecular flexibility index (Phi) is 8.04. The van der Waals surface area contributed by atoms with E-state index in [-0.39, 0.29) is 5.60 Å². The summed E-state index contributed by atoms with van der Waals surface area (Å²) >= 11 is 0. The van der Waals surface area contributed by atoms with E-state index in [1.807, 2.05) is 0 Å². The van der Waals surface area contributed by atoms with Gasteiger partial charge in [-0.15, -0.1) is 0 Å². The summed E-state index contributed by atoms with van der Waals surface area (Å²) in [6, 6.07) is 0. The van der Waals surface area contributed by atoms with Crippen molar-refractivity contribution in [2.24, 2.45) is 10.9 Å². The van der Waals surface area contributed by atoms with Crippen molar-refractivity contribution in [2.75, 3.05) is 46.4 Å². The quantitative estimate of drug-likeness (QED) is 0.529. The fourth-order valence-corrected chi connectivity index (χ4v) is 2.52. The number of hydrogen-bond acceptors (Lipinski definition) is 3. The molecule has 0 saturated carbocycles. The van der Waals surface area contributed by atoms with Gasteiger partial charge in [0.15, 0.2) is 5.96 Å². The monoisotopic (exact) mass is 298 g/mol. The Balaban J connectivity index is 2.39. The minimum absolute atomic E-state index is 0.215. The number of likely N-dealkylation sites (tertiary alicyclic amines) is 1. The topological polar surface area (TPSA) is 48.9 Å². The van der Waals surface area contributed by atoms with E-state index in [1.165, 1.54) is 32.5 Å². The van der Waals surface area contributed by atoms with Crippen molar-refractivity contribution in [3.05, 3.63) is 0 Å². The molecule has 1 atom stereocenters. The van der Waals surface area contributed by atoms with E-state index < -0.39 is 0 Å². The second-order valence-corrected chi connectivity index (χ2v) is 6.50. The minimum atomic E-state index is -0.215. The predicted molar refractivity (Wildman–Crippen MR) is 89.9 cm³/mol. The number of nitrogens with one attached hydrogen (secondary N) is 2. The SMILES string of the molecule is CCCN1CCC(CNC(=NCC(C)(C)OC)NCC)C1. The van der Waals surface area contributed by atoms with Crippen LogP contribution in [0.3, 0.4) is 0 Å². The van der Waals surface area contributed by atoms with Gasteiger partial charge in [-0.3, -0.25) is 4.99 Å². The average Bonchev–Trinajstić information content (AvgIpc) is 2.90. The molecule has 2 N–H and O–H groups in total. The van der Waals surface area contributed by atoms with Gasteiger partial charge in [-0.2, -0.15) is 0 Å². The first kappa shape index (κ1) is 18.2. The van der Waals surface area contributed by atoms with E-state index in [0.717, 1.165) is 25.0 Å². The highest BCUT2D eigenvalue weighted by atomic mass is 16.5. The average molecular weight is 298 g/mol. The number of rotatable bonds is 8. The highest BCUT2D eigenvalue weighted by Crippen LogP contribution is 2.15. The zero-order valence-corrected chi connectivity index (χ0v) is 14.5. The highest BCUT2D eigenvalue weighted by Gasteiger charge is 2.22. The molecule has 5 nitrogen and oxygen atoms in total. The van der Waals surface area contributed by atoms with Crippen molar-refractivity contribution in [3.63, 3.8) is 0 Å². The van der Waals surface area contributed by atoms with Crippen LogP contribution in [-0.2, 0) is 4.74 Å². The Morgan fingerprint density at radius 2 is 2.10 bits per heavy atom. The van der Waals surface area contributed by atoms with Crippen molar-refractivity contribution in [1.82, 2.24) is 15.5 Å². The number of guanidine groups is 1. The summed E-state index contributed by atoms with van der Waals surface area (Å²) in [5, 5.41) is 6.79. The Morgan fingerprint density at radius 3 is 2.71 bits per heavy atom.